The number of aromatic nitrogens is 2. The highest BCUT2D eigenvalue weighted by atomic mass is 15.3. The Morgan fingerprint density at radius 1 is 1.20 bits per heavy atom. The first-order valence-corrected chi connectivity index (χ1v) is 9.61. The molecule has 0 saturated carbocycles. The number of likely N-dealkylation sites (N-methyl/N-ethyl adjacent to an activating group) is 1. The van der Waals surface area contributed by atoms with Gasteiger partial charge in [0.1, 0.15) is 0 Å². The number of nitrogens with one attached hydrogen (secondary N) is 2. The van der Waals surface area contributed by atoms with Crippen molar-refractivity contribution < 1.29 is 0 Å². The van der Waals surface area contributed by atoms with Crippen LogP contribution < -0.4 is 10.6 Å². The van der Waals surface area contributed by atoms with Crippen molar-refractivity contribution in [2.24, 2.45) is 18.0 Å². The van der Waals surface area contributed by atoms with Crippen LogP contribution in [0, 0.1) is 5.92 Å². The van der Waals surface area contributed by atoms with Gasteiger partial charge in [-0.1, -0.05) is 33.1 Å². The fourth-order valence-electron chi connectivity index (χ4n) is 3.12. The van der Waals surface area contributed by atoms with Crippen molar-refractivity contribution in [3.8, 4) is 0 Å². The fourth-order valence-corrected chi connectivity index (χ4v) is 3.12. The van der Waals surface area contributed by atoms with Gasteiger partial charge >= 0.3 is 0 Å². The number of rotatable bonds is 11. The molecule has 0 amide bonds. The Morgan fingerprint density at radius 2 is 1.92 bits per heavy atom. The average Bonchev–Trinajstić information content (AvgIpc) is 3.01. The predicted molar refractivity (Wildman–Crippen MR) is 107 cm³/mol. The monoisotopic (exact) mass is 350 g/mol. The molecule has 2 N–H and O–H groups in total. The number of nitrogens with zero attached hydrogens (tertiary/aromatic N) is 4. The van der Waals surface area contributed by atoms with Crippen LogP contribution >= 0.6 is 0 Å². The molecule has 0 aliphatic heterocycles. The van der Waals surface area contributed by atoms with Gasteiger partial charge in [-0.15, -0.1) is 0 Å². The second-order valence-electron chi connectivity index (χ2n) is 7.06. The molecule has 0 saturated heterocycles. The number of hydrogen-bond donors (Lipinski definition) is 2. The summed E-state index contributed by atoms with van der Waals surface area (Å²) < 4.78 is 1.85. The predicted octanol–water partition coefficient (Wildman–Crippen LogP) is 2.79. The van der Waals surface area contributed by atoms with E-state index in [1.54, 1.807) is 0 Å². The van der Waals surface area contributed by atoms with Crippen LogP contribution in [0.1, 0.15) is 57.6 Å². The minimum absolute atomic E-state index is 0.263. The van der Waals surface area contributed by atoms with Gasteiger partial charge in [-0.05, 0) is 32.9 Å². The molecular formula is C19H38N6. The molecule has 0 aromatic carbocycles. The lowest BCUT2D eigenvalue weighted by molar-refractivity contribution is 0.297. The second kappa shape index (κ2) is 11.9. The summed E-state index contributed by atoms with van der Waals surface area (Å²) in [6.45, 7) is 6.32. The number of aliphatic imine (C=N–C) groups is 1. The third-order valence-corrected chi connectivity index (χ3v) is 4.64. The standard InChI is InChI=1S/C19H38N6/c1-7-9-11-16(10-8-2)12-21-19(20-3)22-14-18(24(4)5)17-13-23-25(6)15-17/h13,15-16,18H,7-12,14H2,1-6H3,(H2,20,21,22). The van der Waals surface area contributed by atoms with E-state index < -0.39 is 0 Å². The molecule has 0 radical (unpaired) electrons. The van der Waals surface area contributed by atoms with Gasteiger partial charge in [0.2, 0.25) is 0 Å². The first kappa shape index (κ1) is 21.5. The number of aryl methyl sites for hydroxylation is 1. The van der Waals surface area contributed by atoms with Crippen LogP contribution in [0.5, 0.6) is 0 Å². The van der Waals surface area contributed by atoms with Crippen molar-refractivity contribution in [3.63, 3.8) is 0 Å². The van der Waals surface area contributed by atoms with E-state index in [-0.39, 0.29) is 6.04 Å². The molecular weight excluding hydrogens is 312 g/mol. The zero-order valence-corrected chi connectivity index (χ0v) is 17.0. The van der Waals surface area contributed by atoms with Crippen LogP contribution in [-0.2, 0) is 7.05 Å². The normalized spacial score (nSPS) is 14.6. The molecule has 6 nitrogen and oxygen atoms in total. The largest absolute Gasteiger partial charge is 0.356 e. The van der Waals surface area contributed by atoms with E-state index in [1.807, 2.05) is 25.0 Å². The molecule has 0 fully saturated rings. The van der Waals surface area contributed by atoms with Crippen LogP contribution in [0.2, 0.25) is 0 Å². The summed E-state index contributed by atoms with van der Waals surface area (Å²) in [6, 6.07) is 0.263. The molecule has 1 rings (SSSR count). The molecule has 25 heavy (non-hydrogen) atoms. The number of guanidine groups is 1. The Bertz CT molecular complexity index is 494. The summed E-state index contributed by atoms with van der Waals surface area (Å²) in [6.07, 6.45) is 10.4. The quantitative estimate of drug-likeness (QED) is 0.476. The van der Waals surface area contributed by atoms with Gasteiger partial charge in [0.15, 0.2) is 5.96 Å². The van der Waals surface area contributed by atoms with Gasteiger partial charge in [0.25, 0.3) is 0 Å². The Balaban J connectivity index is 2.53. The van der Waals surface area contributed by atoms with Crippen molar-refractivity contribution in [3.05, 3.63) is 18.0 Å². The summed E-state index contributed by atoms with van der Waals surface area (Å²) >= 11 is 0. The van der Waals surface area contributed by atoms with Crippen LogP contribution in [0.15, 0.2) is 17.4 Å². The summed E-state index contributed by atoms with van der Waals surface area (Å²) in [4.78, 5) is 6.59. The summed E-state index contributed by atoms with van der Waals surface area (Å²) in [5.74, 6) is 1.61. The third-order valence-electron chi connectivity index (χ3n) is 4.64. The third kappa shape index (κ3) is 7.90. The molecule has 144 valence electrons. The lowest BCUT2D eigenvalue weighted by Crippen LogP contribution is -2.43. The van der Waals surface area contributed by atoms with E-state index in [9.17, 15) is 0 Å². The lowest BCUT2D eigenvalue weighted by Gasteiger charge is -2.25. The average molecular weight is 351 g/mol. The Kier molecular flexibility index (Phi) is 10.2. The molecule has 0 aliphatic carbocycles. The number of hydrogen-bond acceptors (Lipinski definition) is 3. The highest BCUT2D eigenvalue weighted by Crippen LogP contribution is 2.16. The van der Waals surface area contributed by atoms with Gasteiger partial charge < -0.3 is 15.5 Å². The van der Waals surface area contributed by atoms with Gasteiger partial charge in [-0.25, -0.2) is 0 Å². The molecule has 1 aromatic rings. The van der Waals surface area contributed by atoms with E-state index >= 15 is 0 Å². The van der Waals surface area contributed by atoms with Crippen LogP contribution in [0.3, 0.4) is 0 Å². The molecule has 1 heterocycles. The first-order valence-electron chi connectivity index (χ1n) is 9.61. The molecule has 0 spiro atoms. The van der Waals surface area contributed by atoms with Gasteiger partial charge in [-0.3, -0.25) is 9.67 Å². The van der Waals surface area contributed by atoms with Crippen molar-refractivity contribution in [1.29, 1.82) is 0 Å². The van der Waals surface area contributed by atoms with E-state index in [0.29, 0.717) is 0 Å². The molecule has 0 bridgehead atoms. The Hall–Kier alpha value is -1.56. The maximum Gasteiger partial charge on any atom is 0.191 e. The molecule has 6 heteroatoms. The van der Waals surface area contributed by atoms with Crippen LogP contribution in [0.4, 0.5) is 0 Å². The van der Waals surface area contributed by atoms with E-state index in [4.69, 9.17) is 0 Å². The minimum Gasteiger partial charge on any atom is -0.356 e. The maximum atomic E-state index is 4.39. The van der Waals surface area contributed by atoms with Crippen molar-refractivity contribution >= 4 is 5.96 Å². The van der Waals surface area contributed by atoms with Crippen LogP contribution in [-0.4, -0.2) is 54.9 Å². The summed E-state index contributed by atoms with van der Waals surface area (Å²) in [7, 11) is 7.98. The molecule has 2 atom stereocenters. The molecule has 1 aromatic heterocycles. The van der Waals surface area contributed by atoms with Crippen LogP contribution in [0.25, 0.3) is 0 Å². The fraction of sp³-hybridized carbons (Fsp3) is 0.789. The zero-order valence-electron chi connectivity index (χ0n) is 17.0. The highest BCUT2D eigenvalue weighted by molar-refractivity contribution is 5.79. The smallest absolute Gasteiger partial charge is 0.191 e. The van der Waals surface area contributed by atoms with E-state index in [0.717, 1.165) is 25.0 Å². The van der Waals surface area contributed by atoms with Gasteiger partial charge in [0.05, 0.1) is 12.2 Å². The lowest BCUT2D eigenvalue weighted by atomic mass is 9.97. The molecule has 0 aliphatic rings. The number of unbranched alkanes of at least 4 members (excludes halogenated alkanes) is 1. The SMILES string of the molecule is CCCCC(CCC)CNC(=NC)NCC(c1cnn(C)c1)N(C)C. The van der Waals surface area contributed by atoms with E-state index in [2.05, 4.69) is 59.8 Å². The molecule has 2 unspecified atom stereocenters. The Morgan fingerprint density at radius 3 is 2.44 bits per heavy atom. The maximum absolute atomic E-state index is 4.39. The summed E-state index contributed by atoms with van der Waals surface area (Å²) in [5.41, 5.74) is 1.21. The van der Waals surface area contributed by atoms with Crippen molar-refractivity contribution in [2.45, 2.75) is 52.0 Å². The Labute approximate surface area is 154 Å². The van der Waals surface area contributed by atoms with Crippen molar-refractivity contribution in [2.75, 3.05) is 34.2 Å². The summed E-state index contributed by atoms with van der Waals surface area (Å²) in [5, 5.41) is 11.3. The van der Waals surface area contributed by atoms with Crippen molar-refractivity contribution in [1.82, 2.24) is 25.3 Å². The van der Waals surface area contributed by atoms with E-state index in [1.165, 1.54) is 37.7 Å². The zero-order chi connectivity index (χ0) is 18.7. The minimum atomic E-state index is 0.263. The van der Waals surface area contributed by atoms with Gasteiger partial charge in [0, 0.05) is 38.9 Å². The second-order valence-corrected chi connectivity index (χ2v) is 7.06. The first-order chi connectivity index (χ1) is 12.0. The van der Waals surface area contributed by atoms with Gasteiger partial charge in [-0.2, -0.15) is 5.10 Å². The highest BCUT2D eigenvalue weighted by Gasteiger charge is 2.16. The topological polar surface area (TPSA) is 57.5 Å².